The van der Waals surface area contributed by atoms with Gasteiger partial charge >= 0.3 is 0 Å². The molecule has 0 aliphatic carbocycles. The first-order valence-electron chi connectivity index (χ1n) is 6.19. The van der Waals surface area contributed by atoms with Gasteiger partial charge in [0.05, 0.1) is 12.8 Å². The molecule has 19 heavy (non-hydrogen) atoms. The topological polar surface area (TPSA) is 21.6 Å². The number of aliphatic imine (C=N–C) groups is 1. The van der Waals surface area contributed by atoms with Crippen molar-refractivity contribution in [3.63, 3.8) is 0 Å². The van der Waals surface area contributed by atoms with Gasteiger partial charge in [-0.1, -0.05) is 35.9 Å². The minimum Gasteiger partial charge on any atom is -0.497 e. The summed E-state index contributed by atoms with van der Waals surface area (Å²) in [5.74, 6) is 0.866. The molecule has 0 aliphatic heterocycles. The van der Waals surface area contributed by atoms with Crippen LogP contribution in [0.4, 0.5) is 5.69 Å². The monoisotopic (exact) mass is 251 g/mol. The molecule has 0 fully saturated rings. The van der Waals surface area contributed by atoms with E-state index in [1.54, 1.807) is 13.3 Å². The van der Waals surface area contributed by atoms with Crippen molar-refractivity contribution in [3.8, 4) is 5.75 Å². The zero-order valence-electron chi connectivity index (χ0n) is 11.2. The summed E-state index contributed by atoms with van der Waals surface area (Å²) < 4.78 is 5.11. The molecule has 0 aliphatic rings. The van der Waals surface area contributed by atoms with Gasteiger partial charge in [-0.15, -0.1) is 0 Å². The number of benzene rings is 2. The second-order valence-corrected chi connectivity index (χ2v) is 4.25. The van der Waals surface area contributed by atoms with Crippen LogP contribution in [0.3, 0.4) is 0 Å². The number of hydrogen-bond donors (Lipinski definition) is 0. The third-order valence-electron chi connectivity index (χ3n) is 2.75. The maximum Gasteiger partial charge on any atom is 0.118 e. The maximum atomic E-state index is 5.11. The summed E-state index contributed by atoms with van der Waals surface area (Å²) in [6, 6.07) is 16.0. The number of methoxy groups -OCH3 is 1. The first kappa shape index (κ1) is 13.1. The van der Waals surface area contributed by atoms with E-state index >= 15 is 0 Å². The lowest BCUT2D eigenvalue weighted by Gasteiger charge is -1.98. The van der Waals surface area contributed by atoms with Crippen LogP contribution in [0.5, 0.6) is 5.75 Å². The van der Waals surface area contributed by atoms with E-state index in [0.717, 1.165) is 17.0 Å². The van der Waals surface area contributed by atoms with Crippen LogP contribution in [0.15, 0.2) is 59.6 Å². The molecule has 2 nitrogen and oxygen atoms in total. The van der Waals surface area contributed by atoms with Crippen molar-refractivity contribution in [1.29, 1.82) is 0 Å². The van der Waals surface area contributed by atoms with Gasteiger partial charge in [0.15, 0.2) is 0 Å². The number of hydrogen-bond acceptors (Lipinski definition) is 2. The summed E-state index contributed by atoms with van der Waals surface area (Å²) >= 11 is 0. The van der Waals surface area contributed by atoms with Gasteiger partial charge in [-0.05, 0) is 42.8 Å². The lowest BCUT2D eigenvalue weighted by Crippen LogP contribution is -1.81. The molecule has 0 amide bonds. The molecule has 0 saturated carbocycles. The van der Waals surface area contributed by atoms with Crippen LogP contribution in [0.2, 0.25) is 0 Å². The van der Waals surface area contributed by atoms with Crippen LogP contribution in [0.1, 0.15) is 11.1 Å². The van der Waals surface area contributed by atoms with Gasteiger partial charge in [0.25, 0.3) is 0 Å². The molecule has 0 heterocycles. The maximum absolute atomic E-state index is 5.11. The van der Waals surface area contributed by atoms with Gasteiger partial charge in [-0.3, -0.25) is 4.99 Å². The summed E-state index contributed by atoms with van der Waals surface area (Å²) in [6.45, 7) is 2.07. The fraction of sp³-hybridized carbons (Fsp3) is 0.118. The van der Waals surface area contributed by atoms with E-state index in [1.807, 2.05) is 48.6 Å². The van der Waals surface area contributed by atoms with Crippen molar-refractivity contribution in [2.45, 2.75) is 6.92 Å². The molecular weight excluding hydrogens is 234 g/mol. The highest BCUT2D eigenvalue weighted by molar-refractivity contribution is 5.80. The van der Waals surface area contributed by atoms with Gasteiger partial charge in [0.1, 0.15) is 5.75 Å². The average molecular weight is 251 g/mol. The normalized spacial score (nSPS) is 11.3. The highest BCUT2D eigenvalue weighted by Gasteiger charge is 1.89. The molecule has 2 aromatic carbocycles. The largest absolute Gasteiger partial charge is 0.497 e. The molecule has 0 aromatic heterocycles. The predicted octanol–water partition coefficient (Wildman–Crippen LogP) is 4.42. The van der Waals surface area contributed by atoms with Crippen molar-refractivity contribution in [2.75, 3.05) is 7.11 Å². The van der Waals surface area contributed by atoms with E-state index in [9.17, 15) is 0 Å². The standard InChI is InChI=1S/C17H17NO/c1-14-5-9-16(10-6-14)18-13-3-4-15-7-11-17(19-2)12-8-15/h3-13H,1-2H3/b4-3+,18-13+. The third-order valence-corrected chi connectivity index (χ3v) is 2.75. The SMILES string of the molecule is COc1ccc(/C=C/C=N/c2ccc(C)cc2)cc1. The second-order valence-electron chi connectivity index (χ2n) is 4.25. The first-order valence-corrected chi connectivity index (χ1v) is 6.19. The van der Waals surface area contributed by atoms with Crippen LogP contribution in [-0.2, 0) is 0 Å². The Balaban J connectivity index is 1.96. The van der Waals surface area contributed by atoms with Gasteiger partial charge in [0.2, 0.25) is 0 Å². The molecule has 2 heteroatoms. The van der Waals surface area contributed by atoms with Crippen LogP contribution in [0.25, 0.3) is 6.08 Å². The molecule has 0 atom stereocenters. The second kappa shape index (κ2) is 6.55. The van der Waals surface area contributed by atoms with Crippen LogP contribution in [-0.4, -0.2) is 13.3 Å². The van der Waals surface area contributed by atoms with Gasteiger partial charge in [-0.2, -0.15) is 0 Å². The Bertz CT molecular complexity index is 565. The Morgan fingerprint density at radius 3 is 2.26 bits per heavy atom. The fourth-order valence-electron chi connectivity index (χ4n) is 1.63. The molecular formula is C17H17NO. The molecule has 96 valence electrons. The number of rotatable bonds is 4. The number of nitrogens with zero attached hydrogens (tertiary/aromatic N) is 1. The Labute approximate surface area is 114 Å². The van der Waals surface area contributed by atoms with Crippen molar-refractivity contribution in [3.05, 3.63) is 65.7 Å². The average Bonchev–Trinajstić information content (AvgIpc) is 2.46. The van der Waals surface area contributed by atoms with E-state index < -0.39 is 0 Å². The van der Waals surface area contributed by atoms with E-state index in [0.29, 0.717) is 0 Å². The molecule has 2 aromatic rings. The van der Waals surface area contributed by atoms with Crippen molar-refractivity contribution >= 4 is 18.0 Å². The Morgan fingerprint density at radius 2 is 1.63 bits per heavy atom. The minimum absolute atomic E-state index is 0.866. The van der Waals surface area contributed by atoms with E-state index in [4.69, 9.17) is 4.74 Å². The molecule has 0 spiro atoms. The lowest BCUT2D eigenvalue weighted by molar-refractivity contribution is 0.415. The highest BCUT2D eigenvalue weighted by atomic mass is 16.5. The summed E-state index contributed by atoms with van der Waals surface area (Å²) in [7, 11) is 1.67. The van der Waals surface area contributed by atoms with E-state index in [-0.39, 0.29) is 0 Å². The summed E-state index contributed by atoms with van der Waals surface area (Å²) in [5, 5.41) is 0. The zero-order chi connectivity index (χ0) is 13.5. The number of aryl methyl sites for hydroxylation is 1. The van der Waals surface area contributed by atoms with Crippen molar-refractivity contribution in [2.24, 2.45) is 4.99 Å². The summed E-state index contributed by atoms with van der Waals surface area (Å²) in [6.07, 6.45) is 5.74. The van der Waals surface area contributed by atoms with Crippen LogP contribution in [0, 0.1) is 6.92 Å². The molecule has 0 unspecified atom stereocenters. The number of ether oxygens (including phenoxy) is 1. The fourth-order valence-corrected chi connectivity index (χ4v) is 1.63. The van der Waals surface area contributed by atoms with Gasteiger partial charge in [0, 0.05) is 6.21 Å². The highest BCUT2D eigenvalue weighted by Crippen LogP contribution is 2.13. The summed E-state index contributed by atoms with van der Waals surface area (Å²) in [4.78, 5) is 4.36. The van der Waals surface area contributed by atoms with Crippen molar-refractivity contribution in [1.82, 2.24) is 0 Å². The third kappa shape index (κ3) is 4.11. The van der Waals surface area contributed by atoms with Crippen LogP contribution >= 0.6 is 0 Å². The van der Waals surface area contributed by atoms with E-state index in [1.165, 1.54) is 5.56 Å². The molecule has 0 N–H and O–H groups in total. The Morgan fingerprint density at radius 1 is 0.947 bits per heavy atom. The molecule has 2 rings (SSSR count). The minimum atomic E-state index is 0.866. The van der Waals surface area contributed by atoms with Gasteiger partial charge < -0.3 is 4.74 Å². The quantitative estimate of drug-likeness (QED) is 0.737. The zero-order valence-corrected chi connectivity index (χ0v) is 11.2. The molecule has 0 bridgehead atoms. The molecule has 0 radical (unpaired) electrons. The Kier molecular flexibility index (Phi) is 4.51. The van der Waals surface area contributed by atoms with E-state index in [2.05, 4.69) is 24.0 Å². The van der Waals surface area contributed by atoms with Gasteiger partial charge in [-0.25, -0.2) is 0 Å². The predicted molar refractivity (Wildman–Crippen MR) is 81.4 cm³/mol. The molecule has 0 saturated heterocycles. The summed E-state index contributed by atoms with van der Waals surface area (Å²) in [5.41, 5.74) is 3.33. The Hall–Kier alpha value is -2.35. The van der Waals surface area contributed by atoms with Crippen LogP contribution < -0.4 is 4.74 Å². The smallest absolute Gasteiger partial charge is 0.118 e. The van der Waals surface area contributed by atoms with Crippen molar-refractivity contribution < 1.29 is 4.74 Å². The number of allylic oxidation sites excluding steroid dienone is 1. The first-order chi connectivity index (χ1) is 9.28. The lowest BCUT2D eigenvalue weighted by atomic mass is 10.2.